The van der Waals surface area contributed by atoms with Gasteiger partial charge in [-0.2, -0.15) is 13.2 Å². The summed E-state index contributed by atoms with van der Waals surface area (Å²) in [5, 5.41) is 14.6. The molecule has 4 amide bonds. The molecule has 0 aliphatic carbocycles. The van der Waals surface area contributed by atoms with Gasteiger partial charge in [0.15, 0.2) is 23.2 Å². The zero-order chi connectivity index (χ0) is 39.0. The molecule has 0 spiro atoms. The molecular weight excluding hydrogens is 861 g/mol. The Morgan fingerprint density at radius 1 is 0.764 bits per heavy atom. The van der Waals surface area contributed by atoms with E-state index in [1.54, 1.807) is 30.5 Å². The maximum atomic E-state index is 13.0. The van der Waals surface area contributed by atoms with Crippen molar-refractivity contribution in [1.29, 1.82) is 0 Å². The second-order valence-electron chi connectivity index (χ2n) is 12.7. The molecule has 4 bridgehead atoms. The average molecular weight is 890 g/mol. The lowest BCUT2D eigenvalue weighted by Gasteiger charge is -2.35. The Labute approximate surface area is 326 Å². The smallest absolute Gasteiger partial charge is 0.389 e. The number of carbonyl (C=O) groups excluding carboxylic acids is 3. The van der Waals surface area contributed by atoms with E-state index in [-0.39, 0.29) is 29.6 Å². The number of aromatic nitrogens is 6. The summed E-state index contributed by atoms with van der Waals surface area (Å²) in [5.41, 5.74) is 1.23. The minimum absolute atomic E-state index is 0.0730. The van der Waals surface area contributed by atoms with Crippen LogP contribution >= 0.6 is 31.9 Å². The first-order valence-electron chi connectivity index (χ1n) is 16.7. The molecule has 3 N–H and O–H groups in total. The molecule has 4 aromatic heterocycles. The lowest BCUT2D eigenvalue weighted by atomic mass is 10.2. The fraction of sp³-hybridized carbons (Fsp3) is 0.333. The maximum absolute atomic E-state index is 13.0. The van der Waals surface area contributed by atoms with Crippen molar-refractivity contribution < 1.29 is 37.5 Å². The third-order valence-electron chi connectivity index (χ3n) is 9.12. The van der Waals surface area contributed by atoms with Crippen molar-refractivity contribution in [1.82, 2.24) is 29.9 Å². The van der Waals surface area contributed by atoms with Crippen LogP contribution in [0, 0.1) is 0 Å². The molecule has 0 radical (unpaired) electrons. The van der Waals surface area contributed by atoms with Crippen LogP contribution in [0.5, 0.6) is 0 Å². The zero-order valence-electron chi connectivity index (χ0n) is 28.4. The van der Waals surface area contributed by atoms with E-state index in [0.29, 0.717) is 54.9 Å². The highest BCUT2D eigenvalue weighted by Crippen LogP contribution is 2.40. The van der Waals surface area contributed by atoms with E-state index in [0.717, 1.165) is 21.9 Å². The summed E-state index contributed by atoms with van der Waals surface area (Å²) < 4.78 is 38.9. The summed E-state index contributed by atoms with van der Waals surface area (Å²) in [6, 6.07) is 5.66. The van der Waals surface area contributed by atoms with Crippen LogP contribution < -0.4 is 30.2 Å². The highest BCUT2D eigenvalue weighted by molar-refractivity contribution is 9.10. The van der Waals surface area contributed by atoms with Crippen LogP contribution in [0.15, 0.2) is 58.0 Å². The molecule has 17 nitrogen and oxygen atoms in total. The van der Waals surface area contributed by atoms with Gasteiger partial charge in [0.05, 0.1) is 42.3 Å². The number of fused-ring (bicyclic) bond motifs is 8. The van der Waals surface area contributed by atoms with E-state index in [1.165, 1.54) is 28.4 Å². The Morgan fingerprint density at radius 3 is 1.69 bits per heavy atom. The number of alkyl halides is 3. The average Bonchev–Trinajstić information content (AvgIpc) is 3.75. The Bertz CT molecular complexity index is 2180. The molecule has 8 rings (SSSR count). The fourth-order valence-electron chi connectivity index (χ4n) is 6.64. The number of carbonyl (C=O) groups is 4. The molecule has 4 aliphatic rings. The highest BCUT2D eigenvalue weighted by Gasteiger charge is 2.42. The van der Waals surface area contributed by atoms with Crippen molar-refractivity contribution in [3.8, 4) is 0 Å². The number of amides is 4. The van der Waals surface area contributed by atoms with Crippen molar-refractivity contribution >= 4 is 90.3 Å². The number of hydrogen-bond acceptors (Lipinski definition) is 12. The van der Waals surface area contributed by atoms with E-state index in [4.69, 9.17) is 5.11 Å². The lowest BCUT2D eigenvalue weighted by molar-refractivity contribution is -0.133. The number of anilines is 6. The first-order valence-corrected chi connectivity index (χ1v) is 18.3. The summed E-state index contributed by atoms with van der Waals surface area (Å²) in [7, 11) is 0. The van der Waals surface area contributed by atoms with Crippen LogP contribution in [0.3, 0.4) is 0 Å². The number of aromatic carboxylic acids is 1. The molecule has 4 aliphatic heterocycles. The standard InChI is InChI=1S/C18H16BrF3N6O2.C15H13BrN6O3/c19-10-2-5-23-14(7-10)25-17(30)28-11-3-6-27(9-11)12-8-24-15(26-16(12)28)13(29)1-4-18(20,21)22;16-8-1-3-17-11(5-8)19-15(25)22-9-2-4-21(7-9)10-6-18-12(14(23)24)20-13(10)22/h2,5,7-8,11H,1,3-4,6,9H2,(H,23,25,30);1,3,5-6,9H,2,4,7H2,(H,23,24)(H,17,19,25)/t11-;9-/m00/s1. The number of ketones is 1. The largest absolute Gasteiger partial charge is 0.475 e. The van der Waals surface area contributed by atoms with Crippen LogP contribution in [-0.4, -0.2) is 103 Å². The van der Waals surface area contributed by atoms with Crippen LogP contribution in [0.2, 0.25) is 0 Å². The van der Waals surface area contributed by atoms with Crippen LogP contribution in [-0.2, 0) is 0 Å². The van der Waals surface area contributed by atoms with Crippen LogP contribution in [0.1, 0.15) is 46.9 Å². The van der Waals surface area contributed by atoms with E-state index in [9.17, 15) is 32.3 Å². The van der Waals surface area contributed by atoms with Crippen molar-refractivity contribution in [3.63, 3.8) is 0 Å². The van der Waals surface area contributed by atoms with Gasteiger partial charge in [0.2, 0.25) is 5.82 Å². The van der Waals surface area contributed by atoms with Gasteiger partial charge in [-0.1, -0.05) is 31.9 Å². The lowest BCUT2D eigenvalue weighted by Crippen LogP contribution is -2.48. The molecule has 22 heteroatoms. The number of carboxylic acids is 1. The molecule has 2 atom stereocenters. The molecule has 55 heavy (non-hydrogen) atoms. The molecular formula is C33H29Br2F3N12O5. The van der Waals surface area contributed by atoms with E-state index < -0.39 is 42.8 Å². The minimum Gasteiger partial charge on any atom is -0.475 e. The number of hydrogen-bond donors (Lipinski definition) is 3. The van der Waals surface area contributed by atoms with Gasteiger partial charge in [-0.05, 0) is 37.1 Å². The summed E-state index contributed by atoms with van der Waals surface area (Å²) in [6.07, 6.45) is 0.978. The summed E-state index contributed by atoms with van der Waals surface area (Å²) in [5.74, 6) is -1.48. The molecule has 0 unspecified atom stereocenters. The van der Waals surface area contributed by atoms with Gasteiger partial charge in [-0.15, -0.1) is 0 Å². The molecule has 4 aromatic rings. The molecule has 2 fully saturated rings. The molecule has 286 valence electrons. The topological polar surface area (TPSA) is 203 Å². The maximum Gasteiger partial charge on any atom is 0.389 e. The number of nitrogens with one attached hydrogen (secondary N) is 2. The highest BCUT2D eigenvalue weighted by atomic mass is 79.9. The third kappa shape index (κ3) is 8.28. The first-order chi connectivity index (χ1) is 26.2. The number of Topliss-reactive ketones (excluding diaryl/α,β-unsaturated/α-hetero) is 1. The number of carboxylic acid groups (broad SMARTS) is 1. The normalized spacial score (nSPS) is 17.8. The number of halogens is 5. The van der Waals surface area contributed by atoms with Gasteiger partial charge >= 0.3 is 24.2 Å². The second kappa shape index (κ2) is 15.3. The number of nitrogens with zero attached hydrogens (tertiary/aromatic N) is 10. The van der Waals surface area contributed by atoms with Crippen molar-refractivity contribution in [2.45, 2.75) is 43.9 Å². The number of pyridine rings is 2. The van der Waals surface area contributed by atoms with Crippen LogP contribution in [0.4, 0.5) is 57.4 Å². The van der Waals surface area contributed by atoms with Gasteiger partial charge < -0.3 is 14.9 Å². The molecule has 2 saturated heterocycles. The van der Waals surface area contributed by atoms with Gasteiger partial charge in [0, 0.05) is 53.9 Å². The minimum atomic E-state index is -4.45. The van der Waals surface area contributed by atoms with Crippen molar-refractivity contribution in [3.05, 3.63) is 69.6 Å². The Balaban J connectivity index is 0.000000172. The summed E-state index contributed by atoms with van der Waals surface area (Å²) in [6.45, 7) is 2.70. The van der Waals surface area contributed by atoms with E-state index >= 15 is 0 Å². The molecule has 0 aromatic carbocycles. The predicted molar refractivity (Wildman–Crippen MR) is 199 cm³/mol. The van der Waals surface area contributed by atoms with Gasteiger partial charge in [0.1, 0.15) is 11.6 Å². The predicted octanol–water partition coefficient (Wildman–Crippen LogP) is 5.75. The fourth-order valence-corrected chi connectivity index (χ4v) is 7.31. The number of urea groups is 2. The van der Waals surface area contributed by atoms with Gasteiger partial charge in [0.25, 0.3) is 0 Å². The van der Waals surface area contributed by atoms with Crippen LogP contribution in [0.25, 0.3) is 0 Å². The van der Waals surface area contributed by atoms with Gasteiger partial charge in [-0.25, -0.2) is 44.3 Å². The van der Waals surface area contributed by atoms with Crippen molar-refractivity contribution in [2.75, 3.05) is 56.4 Å². The monoisotopic (exact) mass is 888 g/mol. The first kappa shape index (κ1) is 37.8. The van der Waals surface area contributed by atoms with E-state index in [1.807, 2.05) is 4.90 Å². The Morgan fingerprint density at radius 2 is 1.24 bits per heavy atom. The van der Waals surface area contributed by atoms with E-state index in [2.05, 4.69) is 77.3 Å². The summed E-state index contributed by atoms with van der Waals surface area (Å²) >= 11 is 6.64. The summed E-state index contributed by atoms with van der Waals surface area (Å²) in [4.78, 5) is 80.5. The van der Waals surface area contributed by atoms with Gasteiger partial charge in [-0.3, -0.25) is 25.2 Å². The zero-order valence-corrected chi connectivity index (χ0v) is 31.5. The molecule has 8 heterocycles. The van der Waals surface area contributed by atoms with Crippen molar-refractivity contribution in [2.24, 2.45) is 0 Å². The Kier molecular flexibility index (Phi) is 10.5. The number of rotatable bonds is 6. The molecule has 0 saturated carbocycles. The second-order valence-corrected chi connectivity index (χ2v) is 14.6. The Hall–Kier alpha value is -5.51. The SMILES string of the molecule is O=C(CCC(F)(F)F)c1ncc2c(n1)N(C(=O)Nc1cc(Br)ccn1)[C@H]1CCN2C1.O=C(O)c1ncc2c(n1)N(C(=O)Nc1cc(Br)ccn1)[C@H]1CCN2C1. The quantitative estimate of drug-likeness (QED) is 0.198. The third-order valence-corrected chi connectivity index (χ3v) is 10.1.